The lowest BCUT2D eigenvalue weighted by molar-refractivity contribution is 0.0950. The minimum Gasteiger partial charge on any atom is -0.495 e. The number of nitrogens with one attached hydrogen (secondary N) is 2. The van der Waals surface area contributed by atoms with Crippen LogP contribution >= 0.6 is 0 Å². The van der Waals surface area contributed by atoms with E-state index in [1.54, 1.807) is 25.1 Å². The number of methoxy groups -OCH3 is 1. The van der Waals surface area contributed by atoms with Crippen molar-refractivity contribution in [3.05, 3.63) is 62.6 Å². The lowest BCUT2D eigenvalue weighted by atomic mass is 10.1. The molecule has 0 aliphatic carbocycles. The number of ether oxygens (including phenoxy) is 1. The zero-order valence-electron chi connectivity index (χ0n) is 13.2. The molecule has 23 heavy (non-hydrogen) atoms. The number of carbonyl (C=O) groups is 1. The number of nitrogens with zero attached hydrogens (tertiary/aromatic N) is 1. The topological polar surface area (TPSA) is 95.0 Å². The number of H-pyrrole nitrogens is 1. The van der Waals surface area contributed by atoms with Gasteiger partial charge in [-0.25, -0.2) is 0 Å². The smallest absolute Gasteiger partial charge is 0.253 e. The van der Waals surface area contributed by atoms with Crippen LogP contribution in [0, 0.1) is 25.2 Å². The predicted octanol–water partition coefficient (Wildman–Crippen LogP) is 1.80. The zero-order valence-corrected chi connectivity index (χ0v) is 13.2. The Labute approximate surface area is 133 Å². The molecule has 0 aliphatic rings. The number of aromatic nitrogens is 1. The van der Waals surface area contributed by atoms with Crippen LogP contribution in [0.3, 0.4) is 0 Å². The van der Waals surface area contributed by atoms with Crippen LogP contribution in [0.5, 0.6) is 5.75 Å². The molecule has 1 aromatic carbocycles. The van der Waals surface area contributed by atoms with Gasteiger partial charge in [0.15, 0.2) is 0 Å². The number of pyridine rings is 1. The van der Waals surface area contributed by atoms with E-state index in [1.165, 1.54) is 7.11 Å². The summed E-state index contributed by atoms with van der Waals surface area (Å²) >= 11 is 0. The van der Waals surface area contributed by atoms with E-state index in [4.69, 9.17) is 4.74 Å². The van der Waals surface area contributed by atoms with Crippen molar-refractivity contribution in [1.29, 1.82) is 5.26 Å². The van der Waals surface area contributed by atoms with Crippen LogP contribution in [-0.2, 0) is 6.54 Å². The van der Waals surface area contributed by atoms with E-state index in [9.17, 15) is 14.9 Å². The first-order valence-corrected chi connectivity index (χ1v) is 7.02. The number of aromatic amines is 1. The average Bonchev–Trinajstić information content (AvgIpc) is 2.52. The Morgan fingerprint density at radius 1 is 1.39 bits per heavy atom. The van der Waals surface area contributed by atoms with Crippen LogP contribution in [-0.4, -0.2) is 18.0 Å². The number of nitriles is 1. The van der Waals surface area contributed by atoms with E-state index in [2.05, 4.69) is 10.3 Å². The van der Waals surface area contributed by atoms with Gasteiger partial charge in [0.05, 0.1) is 12.7 Å². The van der Waals surface area contributed by atoms with Gasteiger partial charge in [-0.15, -0.1) is 0 Å². The highest BCUT2D eigenvalue weighted by Crippen LogP contribution is 2.21. The third-order valence-electron chi connectivity index (χ3n) is 3.52. The van der Waals surface area contributed by atoms with Crippen molar-refractivity contribution in [1.82, 2.24) is 10.3 Å². The summed E-state index contributed by atoms with van der Waals surface area (Å²) in [6, 6.07) is 8.61. The van der Waals surface area contributed by atoms with Gasteiger partial charge >= 0.3 is 0 Å². The van der Waals surface area contributed by atoms with Crippen LogP contribution in [0.15, 0.2) is 29.1 Å². The first kappa shape index (κ1) is 16.3. The van der Waals surface area contributed by atoms with E-state index < -0.39 is 5.91 Å². The fourth-order valence-corrected chi connectivity index (χ4v) is 2.37. The van der Waals surface area contributed by atoms with Gasteiger partial charge in [-0.2, -0.15) is 5.26 Å². The van der Waals surface area contributed by atoms with Crippen molar-refractivity contribution in [3.8, 4) is 11.8 Å². The van der Waals surface area contributed by atoms with Gasteiger partial charge in [-0.3, -0.25) is 9.59 Å². The van der Waals surface area contributed by atoms with E-state index in [0.717, 1.165) is 11.3 Å². The van der Waals surface area contributed by atoms with Gasteiger partial charge in [0.1, 0.15) is 17.4 Å². The Hall–Kier alpha value is -3.07. The molecule has 0 spiro atoms. The van der Waals surface area contributed by atoms with Gasteiger partial charge in [0, 0.05) is 17.8 Å². The summed E-state index contributed by atoms with van der Waals surface area (Å²) < 4.78 is 5.08. The number of aryl methyl sites for hydroxylation is 2. The Balaban J connectivity index is 2.25. The minimum atomic E-state index is -0.431. The molecule has 0 bridgehead atoms. The Kier molecular flexibility index (Phi) is 4.82. The van der Waals surface area contributed by atoms with Crippen LogP contribution < -0.4 is 15.6 Å². The molecule has 6 heteroatoms. The van der Waals surface area contributed by atoms with Gasteiger partial charge in [-0.1, -0.05) is 6.07 Å². The molecule has 0 fully saturated rings. The maximum atomic E-state index is 12.3. The third-order valence-corrected chi connectivity index (χ3v) is 3.52. The largest absolute Gasteiger partial charge is 0.495 e. The molecule has 0 saturated carbocycles. The van der Waals surface area contributed by atoms with Gasteiger partial charge in [0.25, 0.3) is 11.5 Å². The molecule has 2 N–H and O–H groups in total. The second kappa shape index (κ2) is 6.79. The maximum Gasteiger partial charge on any atom is 0.253 e. The first-order chi connectivity index (χ1) is 11.0. The highest BCUT2D eigenvalue weighted by molar-refractivity contribution is 5.97. The molecular weight excluding hydrogens is 294 g/mol. The quantitative estimate of drug-likeness (QED) is 0.900. The summed E-state index contributed by atoms with van der Waals surface area (Å²) in [7, 11) is 1.44. The van der Waals surface area contributed by atoms with Crippen molar-refractivity contribution in [2.24, 2.45) is 0 Å². The normalized spacial score (nSPS) is 10.0. The van der Waals surface area contributed by atoms with Gasteiger partial charge in [-0.05, 0) is 37.6 Å². The molecule has 1 amide bonds. The molecule has 0 radical (unpaired) electrons. The summed E-state index contributed by atoms with van der Waals surface area (Å²) in [6.07, 6.45) is 0. The van der Waals surface area contributed by atoms with E-state index in [-0.39, 0.29) is 23.2 Å². The zero-order chi connectivity index (χ0) is 17.0. The number of hydrogen-bond acceptors (Lipinski definition) is 4. The average molecular weight is 311 g/mol. The van der Waals surface area contributed by atoms with Crippen molar-refractivity contribution in [3.63, 3.8) is 0 Å². The Morgan fingerprint density at radius 2 is 2.13 bits per heavy atom. The SMILES string of the molecule is COc1cccc(C(=O)NCc2c(C)cc(C)[nH]c2=O)c1C#N. The van der Waals surface area contributed by atoms with Crippen LogP contribution in [0.1, 0.15) is 32.7 Å². The van der Waals surface area contributed by atoms with Crippen LogP contribution in [0.25, 0.3) is 0 Å². The number of carbonyl (C=O) groups excluding carboxylic acids is 1. The van der Waals surface area contributed by atoms with Gasteiger partial charge in [0.2, 0.25) is 0 Å². The number of benzene rings is 1. The summed E-state index contributed by atoms with van der Waals surface area (Å²) in [6.45, 7) is 3.70. The lowest BCUT2D eigenvalue weighted by Gasteiger charge is -2.10. The maximum absolute atomic E-state index is 12.3. The molecule has 6 nitrogen and oxygen atoms in total. The second-order valence-electron chi connectivity index (χ2n) is 5.12. The van der Waals surface area contributed by atoms with Crippen molar-refractivity contribution < 1.29 is 9.53 Å². The Morgan fingerprint density at radius 3 is 2.74 bits per heavy atom. The first-order valence-electron chi connectivity index (χ1n) is 7.02. The van der Waals surface area contributed by atoms with Crippen LogP contribution in [0.4, 0.5) is 0 Å². The predicted molar refractivity (Wildman–Crippen MR) is 85.4 cm³/mol. The summed E-state index contributed by atoms with van der Waals surface area (Å²) in [4.78, 5) is 27.0. The monoisotopic (exact) mass is 311 g/mol. The molecule has 1 heterocycles. The molecule has 0 atom stereocenters. The molecule has 1 aromatic heterocycles. The highest BCUT2D eigenvalue weighted by Gasteiger charge is 2.16. The third kappa shape index (κ3) is 3.40. The fraction of sp³-hybridized carbons (Fsp3) is 0.235. The Bertz CT molecular complexity index is 847. The standard InChI is InChI=1S/C17H17N3O3/c1-10-7-11(2)20-17(22)14(10)9-19-16(21)12-5-4-6-15(23-3)13(12)8-18/h4-7H,9H2,1-3H3,(H,19,21)(H,20,22). The van der Waals surface area contributed by atoms with Gasteiger partial charge < -0.3 is 15.0 Å². The lowest BCUT2D eigenvalue weighted by Crippen LogP contribution is -2.28. The summed E-state index contributed by atoms with van der Waals surface area (Å²) in [5.41, 5.74) is 2.22. The number of rotatable bonds is 4. The molecule has 2 rings (SSSR count). The molecule has 0 saturated heterocycles. The molecule has 118 valence electrons. The summed E-state index contributed by atoms with van der Waals surface area (Å²) in [5, 5.41) is 11.9. The summed E-state index contributed by atoms with van der Waals surface area (Å²) in [5.74, 6) is -0.0932. The van der Waals surface area contributed by atoms with Crippen molar-refractivity contribution >= 4 is 5.91 Å². The molecule has 0 unspecified atom stereocenters. The number of amides is 1. The van der Waals surface area contributed by atoms with Crippen molar-refractivity contribution in [2.45, 2.75) is 20.4 Å². The molecular formula is C17H17N3O3. The van der Waals surface area contributed by atoms with Crippen molar-refractivity contribution in [2.75, 3.05) is 7.11 Å². The molecule has 0 aliphatic heterocycles. The molecule has 2 aromatic rings. The van der Waals surface area contributed by atoms with E-state index >= 15 is 0 Å². The van der Waals surface area contributed by atoms with Crippen LogP contribution in [0.2, 0.25) is 0 Å². The van der Waals surface area contributed by atoms with E-state index in [1.807, 2.05) is 19.1 Å². The second-order valence-corrected chi connectivity index (χ2v) is 5.12. The minimum absolute atomic E-state index is 0.0857. The highest BCUT2D eigenvalue weighted by atomic mass is 16.5. The van der Waals surface area contributed by atoms with E-state index in [0.29, 0.717) is 11.3 Å². The fourth-order valence-electron chi connectivity index (χ4n) is 2.37. The number of hydrogen-bond donors (Lipinski definition) is 2.